The Kier molecular flexibility index (Phi) is 5.21. The highest BCUT2D eigenvalue weighted by Crippen LogP contribution is 2.24. The van der Waals surface area contributed by atoms with Gasteiger partial charge in [0.1, 0.15) is 0 Å². The Morgan fingerprint density at radius 1 is 1.26 bits per heavy atom. The third-order valence-electron chi connectivity index (χ3n) is 3.56. The molecule has 1 amide bonds. The Morgan fingerprint density at radius 3 is 2.74 bits per heavy atom. The van der Waals surface area contributed by atoms with Crippen LogP contribution < -0.4 is 15.5 Å². The number of carbonyl (C=O) groups excluding carboxylic acids is 1. The lowest BCUT2D eigenvalue weighted by molar-refractivity contribution is -0.120. The monoisotopic (exact) mass is 261 g/mol. The molecular weight excluding hydrogens is 238 g/mol. The minimum Gasteiger partial charge on any atom is -0.371 e. The first-order valence-electron chi connectivity index (χ1n) is 7.05. The highest BCUT2D eigenvalue weighted by atomic mass is 16.1. The standard InChI is InChI=1S/C15H23N3O/c1-16-15(19)8-9-17-12-13-6-2-3-7-14(13)18-10-4-5-11-18/h2-3,6-7,17H,4-5,8-12H2,1H3,(H,16,19). The van der Waals surface area contributed by atoms with Crippen LogP contribution in [0.2, 0.25) is 0 Å². The van der Waals surface area contributed by atoms with Crippen molar-refractivity contribution in [2.24, 2.45) is 0 Å². The molecule has 0 radical (unpaired) electrons. The zero-order valence-corrected chi connectivity index (χ0v) is 11.6. The Bertz CT molecular complexity index is 414. The van der Waals surface area contributed by atoms with E-state index in [-0.39, 0.29) is 5.91 Å². The first-order chi connectivity index (χ1) is 9.31. The van der Waals surface area contributed by atoms with Crippen molar-refractivity contribution in [2.45, 2.75) is 25.8 Å². The van der Waals surface area contributed by atoms with Crippen LogP contribution >= 0.6 is 0 Å². The van der Waals surface area contributed by atoms with Crippen LogP contribution in [0.5, 0.6) is 0 Å². The Hall–Kier alpha value is -1.55. The molecule has 4 heteroatoms. The fourth-order valence-electron chi connectivity index (χ4n) is 2.48. The first kappa shape index (κ1) is 13.9. The molecule has 1 aromatic rings. The molecule has 0 aromatic heterocycles. The maximum atomic E-state index is 11.1. The van der Waals surface area contributed by atoms with Gasteiger partial charge in [-0.1, -0.05) is 18.2 Å². The number of para-hydroxylation sites is 1. The van der Waals surface area contributed by atoms with Crippen molar-refractivity contribution in [1.29, 1.82) is 0 Å². The summed E-state index contributed by atoms with van der Waals surface area (Å²) in [4.78, 5) is 13.6. The van der Waals surface area contributed by atoms with E-state index in [0.29, 0.717) is 13.0 Å². The summed E-state index contributed by atoms with van der Waals surface area (Å²) in [6.45, 7) is 3.86. The lowest BCUT2D eigenvalue weighted by atomic mass is 10.1. The quantitative estimate of drug-likeness (QED) is 0.763. The van der Waals surface area contributed by atoms with Gasteiger partial charge in [0.2, 0.25) is 5.91 Å². The van der Waals surface area contributed by atoms with Crippen LogP contribution in [-0.4, -0.2) is 32.6 Å². The number of anilines is 1. The van der Waals surface area contributed by atoms with Gasteiger partial charge < -0.3 is 15.5 Å². The third kappa shape index (κ3) is 3.96. The average molecular weight is 261 g/mol. The van der Waals surface area contributed by atoms with Crippen molar-refractivity contribution in [1.82, 2.24) is 10.6 Å². The molecule has 1 heterocycles. The number of amides is 1. The molecule has 0 spiro atoms. The van der Waals surface area contributed by atoms with Crippen molar-refractivity contribution >= 4 is 11.6 Å². The van der Waals surface area contributed by atoms with Crippen LogP contribution in [0.25, 0.3) is 0 Å². The first-order valence-corrected chi connectivity index (χ1v) is 7.05. The molecule has 0 saturated carbocycles. The van der Waals surface area contributed by atoms with Crippen molar-refractivity contribution in [2.75, 3.05) is 31.6 Å². The summed E-state index contributed by atoms with van der Waals surface area (Å²) in [5.74, 6) is 0.0836. The molecule has 4 nitrogen and oxygen atoms in total. The van der Waals surface area contributed by atoms with Gasteiger partial charge in [0, 0.05) is 45.3 Å². The summed E-state index contributed by atoms with van der Waals surface area (Å²) >= 11 is 0. The second-order valence-electron chi connectivity index (χ2n) is 4.92. The molecule has 19 heavy (non-hydrogen) atoms. The van der Waals surface area contributed by atoms with Gasteiger partial charge in [0.25, 0.3) is 0 Å². The number of nitrogens with one attached hydrogen (secondary N) is 2. The molecule has 104 valence electrons. The summed E-state index contributed by atoms with van der Waals surface area (Å²) in [5.41, 5.74) is 2.66. The maximum absolute atomic E-state index is 11.1. The van der Waals surface area contributed by atoms with Gasteiger partial charge in [-0.3, -0.25) is 4.79 Å². The van der Waals surface area contributed by atoms with Gasteiger partial charge in [0.15, 0.2) is 0 Å². The van der Waals surface area contributed by atoms with Crippen LogP contribution in [0.3, 0.4) is 0 Å². The lowest BCUT2D eigenvalue weighted by Crippen LogP contribution is -2.25. The predicted octanol–water partition coefficient (Wildman–Crippen LogP) is 1.51. The molecule has 1 aliphatic heterocycles. The smallest absolute Gasteiger partial charge is 0.221 e. The number of hydrogen-bond acceptors (Lipinski definition) is 3. The number of hydrogen-bond donors (Lipinski definition) is 2. The summed E-state index contributed by atoms with van der Waals surface area (Å²) in [6, 6.07) is 8.54. The van der Waals surface area contributed by atoms with Gasteiger partial charge >= 0.3 is 0 Å². The van der Waals surface area contributed by atoms with Crippen molar-refractivity contribution in [3.05, 3.63) is 29.8 Å². The van der Waals surface area contributed by atoms with Crippen molar-refractivity contribution in [3.8, 4) is 0 Å². The van der Waals surface area contributed by atoms with Crippen LogP contribution in [0.1, 0.15) is 24.8 Å². The van der Waals surface area contributed by atoms with E-state index in [1.165, 1.54) is 24.1 Å². The summed E-state index contributed by atoms with van der Waals surface area (Å²) in [5, 5.41) is 5.98. The molecule has 2 N–H and O–H groups in total. The zero-order valence-electron chi connectivity index (χ0n) is 11.6. The topological polar surface area (TPSA) is 44.4 Å². The van der Waals surface area contributed by atoms with Gasteiger partial charge in [-0.2, -0.15) is 0 Å². The minimum absolute atomic E-state index is 0.0836. The predicted molar refractivity (Wildman–Crippen MR) is 78.3 cm³/mol. The van der Waals surface area contributed by atoms with E-state index < -0.39 is 0 Å². The molecule has 1 fully saturated rings. The zero-order chi connectivity index (χ0) is 13.5. The molecule has 0 bridgehead atoms. The molecule has 2 rings (SSSR count). The van der Waals surface area contributed by atoms with E-state index in [1.807, 2.05) is 0 Å². The fourth-order valence-corrected chi connectivity index (χ4v) is 2.48. The van der Waals surface area contributed by atoms with E-state index in [1.54, 1.807) is 7.05 Å². The Labute approximate surface area is 115 Å². The molecule has 1 aromatic carbocycles. The number of benzene rings is 1. The van der Waals surface area contributed by atoms with Gasteiger partial charge in [-0.15, -0.1) is 0 Å². The van der Waals surface area contributed by atoms with E-state index >= 15 is 0 Å². The number of carbonyl (C=O) groups is 1. The number of rotatable bonds is 6. The average Bonchev–Trinajstić information content (AvgIpc) is 2.97. The molecule has 0 unspecified atom stereocenters. The van der Waals surface area contributed by atoms with Crippen molar-refractivity contribution in [3.63, 3.8) is 0 Å². The van der Waals surface area contributed by atoms with Crippen LogP contribution in [0, 0.1) is 0 Å². The fraction of sp³-hybridized carbons (Fsp3) is 0.533. The van der Waals surface area contributed by atoms with E-state index in [0.717, 1.165) is 19.6 Å². The highest BCUT2D eigenvalue weighted by Gasteiger charge is 2.14. The minimum atomic E-state index is 0.0836. The molecular formula is C15H23N3O. The summed E-state index contributed by atoms with van der Waals surface area (Å²) in [7, 11) is 1.67. The number of nitrogens with zero attached hydrogens (tertiary/aromatic N) is 1. The summed E-state index contributed by atoms with van der Waals surface area (Å²) in [6.07, 6.45) is 3.11. The highest BCUT2D eigenvalue weighted by molar-refractivity contribution is 5.75. The molecule has 0 atom stereocenters. The van der Waals surface area contributed by atoms with Crippen LogP contribution in [-0.2, 0) is 11.3 Å². The second kappa shape index (κ2) is 7.14. The van der Waals surface area contributed by atoms with Gasteiger partial charge in [-0.25, -0.2) is 0 Å². The van der Waals surface area contributed by atoms with E-state index in [4.69, 9.17) is 0 Å². The van der Waals surface area contributed by atoms with E-state index in [2.05, 4.69) is 39.8 Å². The molecule has 0 aliphatic carbocycles. The van der Waals surface area contributed by atoms with Gasteiger partial charge in [0.05, 0.1) is 0 Å². The maximum Gasteiger partial charge on any atom is 0.221 e. The second-order valence-corrected chi connectivity index (χ2v) is 4.92. The van der Waals surface area contributed by atoms with Crippen molar-refractivity contribution < 1.29 is 4.79 Å². The summed E-state index contributed by atoms with van der Waals surface area (Å²) < 4.78 is 0. The Balaban J connectivity index is 1.87. The normalized spacial score (nSPS) is 14.7. The Morgan fingerprint density at radius 2 is 2.00 bits per heavy atom. The largest absolute Gasteiger partial charge is 0.371 e. The van der Waals surface area contributed by atoms with Crippen LogP contribution in [0.4, 0.5) is 5.69 Å². The lowest BCUT2D eigenvalue weighted by Gasteiger charge is -2.21. The van der Waals surface area contributed by atoms with Gasteiger partial charge in [-0.05, 0) is 24.5 Å². The third-order valence-corrected chi connectivity index (χ3v) is 3.56. The molecule has 1 aliphatic rings. The SMILES string of the molecule is CNC(=O)CCNCc1ccccc1N1CCCC1. The van der Waals surface area contributed by atoms with Crippen LogP contribution in [0.15, 0.2) is 24.3 Å². The van der Waals surface area contributed by atoms with E-state index in [9.17, 15) is 4.79 Å². The molecule has 1 saturated heterocycles.